The monoisotopic (exact) mass is 491 g/mol. The summed E-state index contributed by atoms with van der Waals surface area (Å²) in [6, 6.07) is 15.6. The number of amides is 1. The van der Waals surface area contributed by atoms with Crippen molar-refractivity contribution in [1.82, 2.24) is 14.8 Å². The van der Waals surface area contributed by atoms with Crippen LogP contribution in [-0.4, -0.2) is 34.9 Å². The first-order valence-corrected chi connectivity index (χ1v) is 11.1. The molecule has 4 aromatic rings. The quantitative estimate of drug-likeness (QED) is 0.385. The summed E-state index contributed by atoms with van der Waals surface area (Å²) < 4.78 is 18.6. The minimum absolute atomic E-state index is 0.358. The maximum atomic E-state index is 13.7. The number of halogens is 1. The Labute approximate surface area is 206 Å². The number of allylic oxidation sites excluding steroid dienone is 1. The van der Waals surface area contributed by atoms with Crippen LogP contribution >= 0.6 is 11.6 Å². The van der Waals surface area contributed by atoms with Crippen molar-refractivity contribution in [3.8, 4) is 22.8 Å². The van der Waals surface area contributed by atoms with Gasteiger partial charge in [0.05, 0.1) is 30.5 Å². The Kier molecular flexibility index (Phi) is 5.92. The molecule has 0 radical (unpaired) electrons. The number of carbonyl (C=O) groups excluding carboxylic acids is 1. The molecular formula is C25H22ClN5O4. The van der Waals surface area contributed by atoms with E-state index >= 15 is 0 Å². The number of furan rings is 1. The smallest absolute Gasteiger partial charge is 0.256 e. The van der Waals surface area contributed by atoms with Crippen LogP contribution in [0.2, 0.25) is 5.02 Å². The molecular weight excluding hydrogens is 470 g/mol. The first kappa shape index (κ1) is 22.5. The molecule has 0 bridgehead atoms. The summed E-state index contributed by atoms with van der Waals surface area (Å²) in [6.07, 6.45) is 1.42. The molecule has 0 saturated heterocycles. The SMILES string of the molecule is COc1ccc(OC)c(NC(=O)C2=C(C)Nc3ncnn3[C@H]2c2ccc(-c3ccccc3Cl)o2)c1. The van der Waals surface area contributed by atoms with Crippen LogP contribution in [0.15, 0.2) is 76.6 Å². The van der Waals surface area contributed by atoms with E-state index in [1.807, 2.05) is 30.3 Å². The van der Waals surface area contributed by atoms with Crippen LogP contribution in [0.5, 0.6) is 11.5 Å². The minimum atomic E-state index is -0.665. The fraction of sp³-hybridized carbons (Fsp3) is 0.160. The van der Waals surface area contributed by atoms with Gasteiger partial charge in [0.2, 0.25) is 5.95 Å². The van der Waals surface area contributed by atoms with Gasteiger partial charge in [-0.1, -0.05) is 23.7 Å². The molecule has 0 aliphatic carbocycles. The van der Waals surface area contributed by atoms with Crippen molar-refractivity contribution in [3.63, 3.8) is 0 Å². The molecule has 35 heavy (non-hydrogen) atoms. The summed E-state index contributed by atoms with van der Waals surface area (Å²) in [5, 5.41) is 11.0. The average molecular weight is 492 g/mol. The number of benzene rings is 2. The van der Waals surface area contributed by atoms with Crippen LogP contribution in [0.1, 0.15) is 18.7 Å². The second-order valence-electron chi connectivity index (χ2n) is 7.80. The number of fused-ring (bicyclic) bond motifs is 1. The molecule has 0 saturated carbocycles. The highest BCUT2D eigenvalue weighted by Crippen LogP contribution is 2.39. The summed E-state index contributed by atoms with van der Waals surface area (Å²) in [7, 11) is 3.09. The third-order valence-corrected chi connectivity index (χ3v) is 6.06. The molecule has 3 heterocycles. The number of hydrogen-bond acceptors (Lipinski definition) is 7. The second-order valence-corrected chi connectivity index (χ2v) is 8.20. The molecule has 5 rings (SSSR count). The van der Waals surface area contributed by atoms with Crippen molar-refractivity contribution in [3.05, 3.63) is 83.0 Å². The van der Waals surface area contributed by atoms with Crippen LogP contribution in [0.25, 0.3) is 11.3 Å². The Morgan fingerprint density at radius 2 is 1.97 bits per heavy atom. The van der Waals surface area contributed by atoms with Crippen LogP contribution in [0.3, 0.4) is 0 Å². The largest absolute Gasteiger partial charge is 0.497 e. The zero-order valence-electron chi connectivity index (χ0n) is 19.2. The van der Waals surface area contributed by atoms with Gasteiger partial charge in [0.25, 0.3) is 5.91 Å². The lowest BCUT2D eigenvalue weighted by molar-refractivity contribution is -0.113. The van der Waals surface area contributed by atoms with Crippen LogP contribution in [-0.2, 0) is 4.79 Å². The number of rotatable bonds is 6. The van der Waals surface area contributed by atoms with Crippen molar-refractivity contribution < 1.29 is 18.7 Å². The lowest BCUT2D eigenvalue weighted by atomic mass is 10.00. The van der Waals surface area contributed by atoms with Gasteiger partial charge in [0, 0.05) is 17.3 Å². The molecule has 1 atom stereocenters. The normalized spacial score (nSPS) is 14.8. The topological polar surface area (TPSA) is 103 Å². The molecule has 2 N–H and O–H groups in total. The maximum Gasteiger partial charge on any atom is 0.256 e. The van der Waals surface area contributed by atoms with Crippen molar-refractivity contribution in [2.24, 2.45) is 0 Å². The summed E-state index contributed by atoms with van der Waals surface area (Å²) >= 11 is 6.37. The maximum absolute atomic E-state index is 13.7. The molecule has 2 aromatic carbocycles. The molecule has 10 heteroatoms. The third-order valence-electron chi connectivity index (χ3n) is 5.73. The Bertz CT molecular complexity index is 1440. The highest BCUT2D eigenvalue weighted by atomic mass is 35.5. The van der Waals surface area contributed by atoms with E-state index in [-0.39, 0.29) is 5.91 Å². The average Bonchev–Trinajstić information content (AvgIpc) is 3.53. The first-order valence-electron chi connectivity index (χ1n) is 10.8. The van der Waals surface area contributed by atoms with Gasteiger partial charge < -0.3 is 24.5 Å². The summed E-state index contributed by atoms with van der Waals surface area (Å²) in [5.41, 5.74) is 2.25. The molecule has 2 aromatic heterocycles. The second kappa shape index (κ2) is 9.19. The molecule has 0 spiro atoms. The summed E-state index contributed by atoms with van der Waals surface area (Å²) in [5.74, 6) is 2.31. The predicted octanol–water partition coefficient (Wildman–Crippen LogP) is 5.14. The molecule has 1 aliphatic rings. The van der Waals surface area contributed by atoms with Crippen LogP contribution in [0.4, 0.5) is 11.6 Å². The van der Waals surface area contributed by atoms with Crippen molar-refractivity contribution >= 4 is 29.1 Å². The van der Waals surface area contributed by atoms with E-state index in [4.69, 9.17) is 25.5 Å². The van der Waals surface area contributed by atoms with Crippen molar-refractivity contribution in [2.45, 2.75) is 13.0 Å². The van der Waals surface area contributed by atoms with Crippen LogP contribution < -0.4 is 20.1 Å². The summed E-state index contributed by atoms with van der Waals surface area (Å²) in [6.45, 7) is 1.81. The number of hydrogen-bond donors (Lipinski definition) is 2. The zero-order chi connectivity index (χ0) is 24.5. The van der Waals surface area contributed by atoms with E-state index in [9.17, 15) is 4.79 Å². The summed E-state index contributed by atoms with van der Waals surface area (Å²) in [4.78, 5) is 17.9. The minimum Gasteiger partial charge on any atom is -0.497 e. The van der Waals surface area contributed by atoms with Gasteiger partial charge in [-0.25, -0.2) is 4.68 Å². The number of nitrogens with zero attached hydrogens (tertiary/aromatic N) is 3. The number of carbonyl (C=O) groups is 1. The van der Waals surface area contributed by atoms with E-state index in [0.29, 0.717) is 50.9 Å². The van der Waals surface area contributed by atoms with E-state index in [1.54, 1.807) is 43.0 Å². The molecule has 1 amide bonds. The van der Waals surface area contributed by atoms with E-state index in [2.05, 4.69) is 20.7 Å². The Hall–Kier alpha value is -4.24. The molecule has 0 unspecified atom stereocenters. The molecule has 9 nitrogen and oxygen atoms in total. The van der Waals surface area contributed by atoms with Gasteiger partial charge >= 0.3 is 0 Å². The number of nitrogens with one attached hydrogen (secondary N) is 2. The van der Waals surface area contributed by atoms with Gasteiger partial charge in [-0.15, -0.1) is 0 Å². The fourth-order valence-electron chi connectivity index (χ4n) is 4.06. The lowest BCUT2D eigenvalue weighted by Gasteiger charge is -2.27. The van der Waals surface area contributed by atoms with Crippen molar-refractivity contribution in [1.29, 1.82) is 0 Å². The lowest BCUT2D eigenvalue weighted by Crippen LogP contribution is -2.31. The van der Waals surface area contributed by atoms with Gasteiger partial charge in [0.1, 0.15) is 35.4 Å². The predicted molar refractivity (Wildman–Crippen MR) is 132 cm³/mol. The first-order chi connectivity index (χ1) is 17.0. The zero-order valence-corrected chi connectivity index (χ0v) is 20.0. The molecule has 1 aliphatic heterocycles. The number of aromatic nitrogens is 3. The highest BCUT2D eigenvalue weighted by molar-refractivity contribution is 6.33. The van der Waals surface area contributed by atoms with E-state index in [0.717, 1.165) is 5.56 Å². The van der Waals surface area contributed by atoms with Gasteiger partial charge in [-0.2, -0.15) is 10.1 Å². The Morgan fingerprint density at radius 3 is 2.74 bits per heavy atom. The van der Waals surface area contributed by atoms with E-state index in [1.165, 1.54) is 13.4 Å². The third kappa shape index (κ3) is 4.10. The van der Waals surface area contributed by atoms with Crippen LogP contribution in [0, 0.1) is 0 Å². The fourth-order valence-corrected chi connectivity index (χ4v) is 4.28. The number of ether oxygens (including phenoxy) is 2. The molecule has 178 valence electrons. The molecule has 0 fully saturated rings. The van der Waals surface area contributed by atoms with Gasteiger partial charge in [-0.05, 0) is 43.3 Å². The highest BCUT2D eigenvalue weighted by Gasteiger charge is 2.36. The standard InChI is InChI=1S/C25H22ClN5O4/c1-14-22(24(32)30-18-12-15(33-2)8-9-20(18)34-3)23(31-25(29-14)27-13-28-31)21-11-10-19(35-21)16-6-4-5-7-17(16)26/h4-13,23H,1-3H3,(H,30,32)(H,27,28,29)/t23-/m0/s1. The van der Waals surface area contributed by atoms with Gasteiger partial charge in [0.15, 0.2) is 0 Å². The number of methoxy groups -OCH3 is 2. The Balaban J connectivity index is 1.55. The van der Waals surface area contributed by atoms with Gasteiger partial charge in [-0.3, -0.25) is 4.79 Å². The van der Waals surface area contributed by atoms with Crippen molar-refractivity contribution in [2.75, 3.05) is 24.9 Å². The number of anilines is 2. The van der Waals surface area contributed by atoms with E-state index < -0.39 is 6.04 Å². The Morgan fingerprint density at radius 1 is 1.14 bits per heavy atom.